The van der Waals surface area contributed by atoms with Crippen molar-refractivity contribution in [3.8, 4) is 0 Å². The van der Waals surface area contributed by atoms with E-state index in [1.165, 1.54) is 25.8 Å². The molecule has 4 heteroatoms. The van der Waals surface area contributed by atoms with Gasteiger partial charge in [0.15, 0.2) is 0 Å². The molecule has 0 bridgehead atoms. The number of hydrogen-bond donors (Lipinski definition) is 1. The highest BCUT2D eigenvalue weighted by Crippen LogP contribution is 2.42. The SMILES string of the molecule is CC(C)c1ccc(Sc2[nH]c3ccccc3c2Sc2ccccn2)cc1. The number of nitrogens with zero attached hydrogens (tertiary/aromatic N) is 1. The van der Waals surface area contributed by atoms with Gasteiger partial charge in [-0.1, -0.05) is 73.8 Å². The summed E-state index contributed by atoms with van der Waals surface area (Å²) in [4.78, 5) is 10.5. The second-order valence-electron chi connectivity index (χ2n) is 6.42. The Morgan fingerprint density at radius 1 is 0.846 bits per heavy atom. The van der Waals surface area contributed by atoms with Gasteiger partial charge in [0.2, 0.25) is 0 Å². The first kappa shape index (κ1) is 17.3. The van der Waals surface area contributed by atoms with E-state index in [4.69, 9.17) is 0 Å². The third-order valence-electron chi connectivity index (χ3n) is 4.24. The number of para-hydroxylation sites is 1. The van der Waals surface area contributed by atoms with E-state index in [2.05, 4.69) is 78.4 Å². The Bertz CT molecular complexity index is 1010. The number of benzene rings is 2. The molecule has 2 nitrogen and oxygen atoms in total. The fourth-order valence-electron chi connectivity index (χ4n) is 2.82. The molecule has 0 spiro atoms. The van der Waals surface area contributed by atoms with Crippen LogP contribution in [0.4, 0.5) is 0 Å². The molecule has 130 valence electrons. The zero-order chi connectivity index (χ0) is 17.9. The molecule has 0 radical (unpaired) electrons. The van der Waals surface area contributed by atoms with Crippen LogP contribution in [0.3, 0.4) is 0 Å². The maximum absolute atomic E-state index is 4.48. The van der Waals surface area contributed by atoms with Crippen molar-refractivity contribution in [3.05, 3.63) is 78.5 Å². The van der Waals surface area contributed by atoms with Gasteiger partial charge in [-0.05, 0) is 41.8 Å². The van der Waals surface area contributed by atoms with Gasteiger partial charge in [-0.15, -0.1) is 0 Å². The highest BCUT2D eigenvalue weighted by Gasteiger charge is 2.14. The molecule has 0 aliphatic heterocycles. The third-order valence-corrected chi connectivity index (χ3v) is 6.46. The summed E-state index contributed by atoms with van der Waals surface area (Å²) >= 11 is 3.49. The van der Waals surface area contributed by atoms with Crippen LogP contribution in [-0.2, 0) is 0 Å². The van der Waals surface area contributed by atoms with E-state index in [0.29, 0.717) is 5.92 Å². The zero-order valence-electron chi connectivity index (χ0n) is 14.8. The molecule has 4 rings (SSSR count). The predicted molar refractivity (Wildman–Crippen MR) is 111 cm³/mol. The maximum Gasteiger partial charge on any atom is 0.101 e. The van der Waals surface area contributed by atoms with Gasteiger partial charge in [-0.2, -0.15) is 0 Å². The van der Waals surface area contributed by atoms with Crippen molar-refractivity contribution in [2.75, 3.05) is 0 Å². The lowest BCUT2D eigenvalue weighted by Gasteiger charge is -2.07. The number of fused-ring (bicyclic) bond motifs is 1. The van der Waals surface area contributed by atoms with Gasteiger partial charge >= 0.3 is 0 Å². The number of pyridine rings is 1. The molecule has 0 atom stereocenters. The summed E-state index contributed by atoms with van der Waals surface area (Å²) in [7, 11) is 0. The largest absolute Gasteiger partial charge is 0.348 e. The van der Waals surface area contributed by atoms with Crippen LogP contribution >= 0.6 is 23.5 Å². The van der Waals surface area contributed by atoms with Crippen molar-refractivity contribution in [2.24, 2.45) is 0 Å². The van der Waals surface area contributed by atoms with Gasteiger partial charge in [0.25, 0.3) is 0 Å². The van der Waals surface area contributed by atoms with Crippen LogP contribution in [0.25, 0.3) is 10.9 Å². The molecule has 0 fully saturated rings. The van der Waals surface area contributed by atoms with Gasteiger partial charge in [-0.25, -0.2) is 4.98 Å². The summed E-state index contributed by atoms with van der Waals surface area (Å²) in [6.45, 7) is 4.45. The number of aromatic amines is 1. The molecule has 4 aromatic rings. The summed E-state index contributed by atoms with van der Waals surface area (Å²) in [6.07, 6.45) is 1.84. The summed E-state index contributed by atoms with van der Waals surface area (Å²) in [5, 5.41) is 3.41. The number of nitrogens with one attached hydrogen (secondary N) is 1. The van der Waals surface area contributed by atoms with E-state index in [-0.39, 0.29) is 0 Å². The molecule has 26 heavy (non-hydrogen) atoms. The van der Waals surface area contributed by atoms with E-state index in [1.54, 1.807) is 23.5 Å². The second-order valence-corrected chi connectivity index (χ2v) is 8.54. The molecule has 0 aliphatic rings. The Labute approximate surface area is 162 Å². The topological polar surface area (TPSA) is 28.7 Å². The first-order valence-electron chi connectivity index (χ1n) is 8.68. The van der Waals surface area contributed by atoms with Gasteiger partial charge in [0.1, 0.15) is 5.03 Å². The van der Waals surface area contributed by atoms with Crippen LogP contribution in [0, 0.1) is 0 Å². The standard InChI is InChI=1S/C22H20N2S2/c1-15(2)16-10-12-17(13-11-16)25-22-21(26-20-9-5-6-14-23-20)18-7-3-4-8-19(18)24-22/h3-15,24H,1-2H3. The fourth-order valence-corrected chi connectivity index (χ4v) is 4.84. The minimum Gasteiger partial charge on any atom is -0.348 e. The average Bonchev–Trinajstić information content (AvgIpc) is 3.00. The van der Waals surface area contributed by atoms with Crippen molar-refractivity contribution in [3.63, 3.8) is 0 Å². The van der Waals surface area contributed by atoms with E-state index < -0.39 is 0 Å². The zero-order valence-corrected chi connectivity index (χ0v) is 16.4. The molecule has 0 aliphatic carbocycles. The van der Waals surface area contributed by atoms with Crippen molar-refractivity contribution < 1.29 is 0 Å². The van der Waals surface area contributed by atoms with Crippen LogP contribution in [0.15, 0.2) is 92.8 Å². The van der Waals surface area contributed by atoms with Crippen molar-refractivity contribution >= 4 is 34.4 Å². The summed E-state index contributed by atoms with van der Waals surface area (Å²) < 4.78 is 0. The van der Waals surface area contributed by atoms with E-state index >= 15 is 0 Å². The molecule has 2 aromatic carbocycles. The van der Waals surface area contributed by atoms with Gasteiger partial charge in [0.05, 0.1) is 9.92 Å². The molecule has 0 saturated carbocycles. The Hall–Kier alpha value is -2.17. The van der Waals surface area contributed by atoms with Gasteiger partial charge in [0, 0.05) is 22.0 Å². The Balaban J connectivity index is 1.70. The third kappa shape index (κ3) is 3.67. The molecular formula is C22H20N2S2. The van der Waals surface area contributed by atoms with E-state index in [9.17, 15) is 0 Å². The van der Waals surface area contributed by atoms with Gasteiger partial charge in [-0.3, -0.25) is 0 Å². The Kier molecular flexibility index (Phi) is 5.05. The molecular weight excluding hydrogens is 356 g/mol. The monoisotopic (exact) mass is 376 g/mol. The Morgan fingerprint density at radius 2 is 1.62 bits per heavy atom. The second kappa shape index (κ2) is 7.60. The molecule has 0 saturated heterocycles. The first-order chi connectivity index (χ1) is 12.7. The smallest absolute Gasteiger partial charge is 0.101 e. The number of aromatic nitrogens is 2. The van der Waals surface area contributed by atoms with Crippen LogP contribution in [0.1, 0.15) is 25.3 Å². The molecule has 0 amide bonds. The molecule has 2 aromatic heterocycles. The van der Waals surface area contributed by atoms with Crippen LogP contribution in [-0.4, -0.2) is 9.97 Å². The van der Waals surface area contributed by atoms with Gasteiger partial charge < -0.3 is 4.98 Å². The van der Waals surface area contributed by atoms with Crippen molar-refractivity contribution in [2.45, 2.75) is 39.6 Å². The minimum absolute atomic E-state index is 0.553. The quantitative estimate of drug-likeness (QED) is 0.407. The lowest BCUT2D eigenvalue weighted by molar-refractivity contribution is 0.865. The van der Waals surface area contributed by atoms with E-state index in [0.717, 1.165) is 10.5 Å². The van der Waals surface area contributed by atoms with Crippen molar-refractivity contribution in [1.82, 2.24) is 9.97 Å². The number of H-pyrrole nitrogens is 1. The molecule has 1 N–H and O–H groups in total. The molecule has 0 unspecified atom stereocenters. The maximum atomic E-state index is 4.48. The highest BCUT2D eigenvalue weighted by atomic mass is 32.2. The number of rotatable bonds is 5. The average molecular weight is 377 g/mol. The van der Waals surface area contributed by atoms with Crippen molar-refractivity contribution in [1.29, 1.82) is 0 Å². The Morgan fingerprint density at radius 3 is 2.35 bits per heavy atom. The first-order valence-corrected chi connectivity index (χ1v) is 10.3. The fraction of sp³-hybridized carbons (Fsp3) is 0.136. The summed E-state index contributed by atoms with van der Waals surface area (Å²) in [5.74, 6) is 0.553. The van der Waals surface area contributed by atoms with E-state index in [1.807, 2.05) is 18.3 Å². The minimum atomic E-state index is 0.553. The molecule has 2 heterocycles. The number of hydrogen-bond acceptors (Lipinski definition) is 3. The summed E-state index contributed by atoms with van der Waals surface area (Å²) in [6, 6.07) is 23.4. The highest BCUT2D eigenvalue weighted by molar-refractivity contribution is 8.02. The lowest BCUT2D eigenvalue weighted by Crippen LogP contribution is -1.86. The van der Waals surface area contributed by atoms with Crippen LogP contribution < -0.4 is 0 Å². The van der Waals surface area contributed by atoms with Crippen LogP contribution in [0.2, 0.25) is 0 Å². The predicted octanol–water partition coefficient (Wildman–Crippen LogP) is 6.99. The lowest BCUT2D eigenvalue weighted by atomic mass is 10.0. The van der Waals surface area contributed by atoms with Crippen LogP contribution in [0.5, 0.6) is 0 Å². The summed E-state index contributed by atoms with van der Waals surface area (Å²) in [5.41, 5.74) is 2.53. The normalized spacial score (nSPS) is 11.3.